The molecule has 0 radical (unpaired) electrons. The zero-order valence-corrected chi connectivity index (χ0v) is 9.85. The maximum atomic E-state index is 11.2. The molecule has 17 heavy (non-hydrogen) atoms. The van der Waals surface area contributed by atoms with E-state index in [1.165, 1.54) is 0 Å². The summed E-state index contributed by atoms with van der Waals surface area (Å²) in [6, 6.07) is -0.196. The number of nitrogens with one attached hydrogen (secondary N) is 3. The molecular formula is C11H19N3O3. The maximum Gasteiger partial charge on any atom is 0.322 e. The number of fused-ring (bicyclic) bond motifs is 3. The summed E-state index contributed by atoms with van der Waals surface area (Å²) >= 11 is 0. The number of carboxylic acids is 1. The summed E-state index contributed by atoms with van der Waals surface area (Å²) in [7, 11) is 1.74. The molecule has 2 heterocycles. The second-order valence-corrected chi connectivity index (χ2v) is 5.22. The first-order chi connectivity index (χ1) is 8.22. The molecule has 0 aromatic rings. The lowest BCUT2D eigenvalue weighted by atomic mass is 9.75. The van der Waals surface area contributed by atoms with Gasteiger partial charge in [-0.3, -0.25) is 10.1 Å². The molecule has 1 saturated carbocycles. The van der Waals surface area contributed by atoms with Crippen molar-refractivity contribution < 1.29 is 14.6 Å². The van der Waals surface area contributed by atoms with Gasteiger partial charge in [0.25, 0.3) is 0 Å². The highest BCUT2D eigenvalue weighted by atomic mass is 16.5. The molecule has 6 nitrogen and oxygen atoms in total. The number of carbonyl (C=O) groups is 1. The minimum Gasteiger partial charge on any atom is -0.480 e. The first kappa shape index (κ1) is 11.4. The summed E-state index contributed by atoms with van der Waals surface area (Å²) in [5, 5.41) is 12.7. The van der Waals surface area contributed by atoms with Crippen molar-refractivity contribution in [3.8, 4) is 0 Å². The normalized spacial score (nSPS) is 48.8. The van der Waals surface area contributed by atoms with Gasteiger partial charge >= 0.3 is 5.97 Å². The molecule has 0 bridgehead atoms. The van der Waals surface area contributed by atoms with E-state index in [1.807, 2.05) is 0 Å². The van der Waals surface area contributed by atoms with Crippen molar-refractivity contribution in [1.29, 1.82) is 0 Å². The molecule has 6 unspecified atom stereocenters. The van der Waals surface area contributed by atoms with Gasteiger partial charge in [-0.15, -0.1) is 0 Å². The zero-order valence-electron chi connectivity index (χ0n) is 9.85. The van der Waals surface area contributed by atoms with Gasteiger partial charge in [0.15, 0.2) is 0 Å². The van der Waals surface area contributed by atoms with Gasteiger partial charge in [0.05, 0.1) is 12.3 Å². The minimum absolute atomic E-state index is 0.0573. The SMILES string of the molecule is COC1CCCC2C1NC1NNC(C(=O)O)C12. The Balaban J connectivity index is 1.82. The number of aliphatic carboxylic acids is 1. The maximum absolute atomic E-state index is 11.2. The third kappa shape index (κ3) is 1.67. The Hall–Kier alpha value is -0.690. The number of rotatable bonds is 2. The lowest BCUT2D eigenvalue weighted by molar-refractivity contribution is -0.140. The largest absolute Gasteiger partial charge is 0.480 e. The van der Waals surface area contributed by atoms with Crippen LogP contribution >= 0.6 is 0 Å². The minimum atomic E-state index is -0.771. The van der Waals surface area contributed by atoms with Gasteiger partial charge in [0.1, 0.15) is 6.04 Å². The van der Waals surface area contributed by atoms with Crippen LogP contribution in [0.25, 0.3) is 0 Å². The summed E-state index contributed by atoms with van der Waals surface area (Å²) in [6.07, 6.45) is 3.55. The second kappa shape index (κ2) is 4.20. The van der Waals surface area contributed by atoms with E-state index in [2.05, 4.69) is 16.2 Å². The number of hydrogen-bond donors (Lipinski definition) is 4. The quantitative estimate of drug-likeness (QED) is 0.510. The summed E-state index contributed by atoms with van der Waals surface area (Å²) in [5.41, 5.74) is 5.92. The van der Waals surface area contributed by atoms with Gasteiger partial charge < -0.3 is 9.84 Å². The van der Waals surface area contributed by atoms with E-state index in [-0.39, 0.29) is 18.2 Å². The van der Waals surface area contributed by atoms with E-state index >= 15 is 0 Å². The van der Waals surface area contributed by atoms with Crippen LogP contribution in [0.2, 0.25) is 0 Å². The van der Waals surface area contributed by atoms with Crippen LogP contribution in [0.5, 0.6) is 0 Å². The molecule has 0 aromatic carbocycles. The van der Waals surface area contributed by atoms with E-state index in [0.29, 0.717) is 12.0 Å². The molecule has 6 heteroatoms. The van der Waals surface area contributed by atoms with Gasteiger partial charge in [0.2, 0.25) is 0 Å². The zero-order chi connectivity index (χ0) is 12.0. The fraction of sp³-hybridized carbons (Fsp3) is 0.909. The molecule has 4 N–H and O–H groups in total. The van der Waals surface area contributed by atoms with Crippen molar-refractivity contribution in [3.05, 3.63) is 0 Å². The summed E-state index contributed by atoms with van der Waals surface area (Å²) in [4.78, 5) is 11.2. The Kier molecular flexibility index (Phi) is 2.82. The van der Waals surface area contributed by atoms with Crippen molar-refractivity contribution in [2.45, 2.75) is 43.6 Å². The summed E-state index contributed by atoms with van der Waals surface area (Å²) < 4.78 is 5.51. The van der Waals surface area contributed by atoms with Gasteiger partial charge in [-0.2, -0.15) is 0 Å². The van der Waals surface area contributed by atoms with Crippen LogP contribution in [0, 0.1) is 11.8 Å². The summed E-state index contributed by atoms with van der Waals surface area (Å²) in [5.74, 6) is -0.259. The average molecular weight is 241 g/mol. The number of carboxylic acid groups (broad SMARTS) is 1. The summed E-state index contributed by atoms with van der Waals surface area (Å²) in [6.45, 7) is 0. The molecule has 1 aliphatic carbocycles. The molecule has 0 spiro atoms. The molecule has 0 amide bonds. The molecule has 2 aliphatic heterocycles. The third-order valence-electron chi connectivity index (χ3n) is 4.49. The standard InChI is InChI=1S/C11H19N3O3/c1-17-6-4-2-3-5-7-9(11(15)16)13-14-10(7)12-8(5)6/h5-10,12-14H,2-4H2,1H3,(H,15,16). The second-order valence-electron chi connectivity index (χ2n) is 5.22. The Bertz CT molecular complexity index is 325. The number of methoxy groups -OCH3 is 1. The topological polar surface area (TPSA) is 82.6 Å². The predicted molar refractivity (Wildman–Crippen MR) is 60.0 cm³/mol. The third-order valence-corrected chi connectivity index (χ3v) is 4.49. The number of ether oxygens (including phenoxy) is 1. The van der Waals surface area contributed by atoms with Gasteiger partial charge in [-0.05, 0) is 18.8 Å². The predicted octanol–water partition coefficient (Wildman–Crippen LogP) is -0.723. The van der Waals surface area contributed by atoms with E-state index in [4.69, 9.17) is 4.74 Å². The van der Waals surface area contributed by atoms with Crippen LogP contribution in [0.3, 0.4) is 0 Å². The average Bonchev–Trinajstić information content (AvgIpc) is 2.86. The monoisotopic (exact) mass is 241 g/mol. The molecule has 96 valence electrons. The first-order valence-corrected chi connectivity index (χ1v) is 6.25. The van der Waals surface area contributed by atoms with E-state index < -0.39 is 12.0 Å². The molecule has 3 rings (SSSR count). The van der Waals surface area contributed by atoms with Crippen molar-refractivity contribution in [1.82, 2.24) is 16.2 Å². The molecule has 6 atom stereocenters. The van der Waals surface area contributed by atoms with Crippen LogP contribution in [-0.4, -0.2) is 42.5 Å². The van der Waals surface area contributed by atoms with Gasteiger partial charge in [-0.1, -0.05) is 6.42 Å². The van der Waals surface area contributed by atoms with Crippen LogP contribution in [0.15, 0.2) is 0 Å². The van der Waals surface area contributed by atoms with Gasteiger partial charge in [-0.25, -0.2) is 10.9 Å². The molecule has 0 aromatic heterocycles. The van der Waals surface area contributed by atoms with Crippen molar-refractivity contribution in [3.63, 3.8) is 0 Å². The van der Waals surface area contributed by atoms with Crippen LogP contribution in [0.1, 0.15) is 19.3 Å². The Morgan fingerprint density at radius 1 is 1.35 bits per heavy atom. The number of hydrazine groups is 1. The fourth-order valence-corrected chi connectivity index (χ4v) is 3.76. The molecule has 2 saturated heterocycles. The highest BCUT2D eigenvalue weighted by Gasteiger charge is 2.55. The highest BCUT2D eigenvalue weighted by molar-refractivity contribution is 5.74. The number of hydrogen-bond acceptors (Lipinski definition) is 5. The lowest BCUT2D eigenvalue weighted by Crippen LogP contribution is -2.51. The van der Waals surface area contributed by atoms with Gasteiger partial charge in [0, 0.05) is 19.1 Å². The molecular weight excluding hydrogens is 222 g/mol. The molecule has 3 fully saturated rings. The van der Waals surface area contributed by atoms with Crippen LogP contribution in [0.4, 0.5) is 0 Å². The van der Waals surface area contributed by atoms with Crippen molar-refractivity contribution in [2.24, 2.45) is 11.8 Å². The Labute approximate surface area is 100 Å². The Morgan fingerprint density at radius 3 is 2.88 bits per heavy atom. The highest BCUT2D eigenvalue weighted by Crippen LogP contribution is 2.41. The smallest absolute Gasteiger partial charge is 0.322 e. The Morgan fingerprint density at radius 2 is 2.18 bits per heavy atom. The first-order valence-electron chi connectivity index (χ1n) is 6.25. The van der Waals surface area contributed by atoms with Crippen molar-refractivity contribution in [2.75, 3.05) is 7.11 Å². The van der Waals surface area contributed by atoms with E-state index in [0.717, 1.165) is 19.3 Å². The van der Waals surface area contributed by atoms with E-state index in [1.54, 1.807) is 7.11 Å². The van der Waals surface area contributed by atoms with Crippen LogP contribution in [-0.2, 0) is 9.53 Å². The lowest BCUT2D eigenvalue weighted by Gasteiger charge is -2.35. The molecule has 3 aliphatic rings. The fourth-order valence-electron chi connectivity index (χ4n) is 3.76. The van der Waals surface area contributed by atoms with E-state index in [9.17, 15) is 9.90 Å². The van der Waals surface area contributed by atoms with Crippen molar-refractivity contribution >= 4 is 5.97 Å². The van der Waals surface area contributed by atoms with Crippen LogP contribution < -0.4 is 16.2 Å².